The summed E-state index contributed by atoms with van der Waals surface area (Å²) in [4.78, 5) is 22.9. The Hall–Kier alpha value is -2.36. The highest BCUT2D eigenvalue weighted by Gasteiger charge is 2.30. The zero-order chi connectivity index (χ0) is 20.4. The van der Waals surface area contributed by atoms with Gasteiger partial charge in [0.05, 0.1) is 27.6 Å². The molecule has 0 saturated heterocycles. The summed E-state index contributed by atoms with van der Waals surface area (Å²) in [5.74, 6) is -0.684. The first-order valence-electron chi connectivity index (χ1n) is 7.50. The summed E-state index contributed by atoms with van der Waals surface area (Å²) in [7, 11) is -3.92. The second kappa shape index (κ2) is 8.12. The third-order valence-electron chi connectivity index (χ3n) is 3.57. The number of halogens is 2. The average Bonchev–Trinajstić information content (AvgIpc) is 2.57. The number of non-ortho nitro benzene ring substituents is 1. The van der Waals surface area contributed by atoms with Gasteiger partial charge in [-0.1, -0.05) is 29.3 Å². The quantitative estimate of drug-likeness (QED) is 0.553. The summed E-state index contributed by atoms with van der Waals surface area (Å²) >= 11 is 11.9. The van der Waals surface area contributed by atoms with Crippen LogP contribution in [0.25, 0.3) is 0 Å². The average molecular weight is 432 g/mol. The SMILES string of the molecule is C[C@@H](C(=O)Nc1cc(Cl)ccc1Cl)N(c1cccc([N+](=O)[O-])c1)S(C)(=O)=O. The number of rotatable bonds is 6. The summed E-state index contributed by atoms with van der Waals surface area (Å²) in [6.45, 7) is 1.35. The number of carbonyl (C=O) groups excluding carboxylic acids is 1. The van der Waals surface area contributed by atoms with E-state index >= 15 is 0 Å². The van der Waals surface area contributed by atoms with Crippen LogP contribution < -0.4 is 9.62 Å². The van der Waals surface area contributed by atoms with Gasteiger partial charge < -0.3 is 5.32 Å². The molecule has 1 atom stereocenters. The molecule has 0 fully saturated rings. The first-order chi connectivity index (χ1) is 12.5. The summed E-state index contributed by atoms with van der Waals surface area (Å²) < 4.78 is 25.3. The first kappa shape index (κ1) is 20.9. The highest BCUT2D eigenvalue weighted by Crippen LogP contribution is 2.28. The second-order valence-electron chi connectivity index (χ2n) is 5.63. The Balaban J connectivity index is 2.39. The van der Waals surface area contributed by atoms with Crippen LogP contribution in [0, 0.1) is 10.1 Å². The van der Waals surface area contributed by atoms with Crippen LogP contribution in [0.2, 0.25) is 10.0 Å². The molecule has 0 spiro atoms. The Labute approximate surface area is 165 Å². The van der Waals surface area contributed by atoms with E-state index in [0.717, 1.165) is 16.6 Å². The lowest BCUT2D eigenvalue weighted by Gasteiger charge is -2.28. The van der Waals surface area contributed by atoms with Crippen molar-refractivity contribution in [1.29, 1.82) is 0 Å². The van der Waals surface area contributed by atoms with Gasteiger partial charge in [-0.2, -0.15) is 0 Å². The number of nitro benzene ring substituents is 1. The second-order valence-corrected chi connectivity index (χ2v) is 8.33. The van der Waals surface area contributed by atoms with Gasteiger partial charge in [0, 0.05) is 17.2 Å². The molecule has 11 heteroatoms. The Morgan fingerprint density at radius 3 is 2.48 bits per heavy atom. The van der Waals surface area contributed by atoms with Crippen LogP contribution in [-0.4, -0.2) is 31.5 Å². The lowest BCUT2D eigenvalue weighted by Crippen LogP contribution is -2.45. The number of anilines is 2. The number of nitrogens with one attached hydrogen (secondary N) is 1. The van der Waals surface area contributed by atoms with Crippen molar-refractivity contribution in [3.63, 3.8) is 0 Å². The number of nitrogens with zero attached hydrogens (tertiary/aromatic N) is 2. The fraction of sp³-hybridized carbons (Fsp3) is 0.188. The summed E-state index contributed by atoms with van der Waals surface area (Å²) in [6, 6.07) is 8.24. The molecule has 0 aromatic heterocycles. The van der Waals surface area contributed by atoms with Gasteiger partial charge in [-0.25, -0.2) is 8.42 Å². The van der Waals surface area contributed by atoms with Crippen molar-refractivity contribution < 1.29 is 18.1 Å². The van der Waals surface area contributed by atoms with Crippen LogP contribution >= 0.6 is 23.2 Å². The maximum Gasteiger partial charge on any atom is 0.271 e. The maximum absolute atomic E-state index is 12.6. The van der Waals surface area contributed by atoms with Crippen molar-refractivity contribution >= 4 is 56.2 Å². The Bertz CT molecular complexity index is 997. The molecule has 27 heavy (non-hydrogen) atoms. The zero-order valence-electron chi connectivity index (χ0n) is 14.2. The van der Waals surface area contributed by atoms with Gasteiger partial charge in [0.1, 0.15) is 6.04 Å². The number of sulfonamides is 1. The third-order valence-corrected chi connectivity index (χ3v) is 5.38. The van der Waals surface area contributed by atoms with Gasteiger partial charge in [-0.05, 0) is 31.2 Å². The van der Waals surface area contributed by atoms with E-state index in [4.69, 9.17) is 23.2 Å². The molecule has 0 bridgehead atoms. The zero-order valence-corrected chi connectivity index (χ0v) is 16.5. The molecule has 144 valence electrons. The van der Waals surface area contributed by atoms with Crippen molar-refractivity contribution in [1.82, 2.24) is 0 Å². The molecule has 0 heterocycles. The predicted molar refractivity (Wildman–Crippen MR) is 105 cm³/mol. The lowest BCUT2D eigenvalue weighted by atomic mass is 10.2. The summed E-state index contributed by atoms with van der Waals surface area (Å²) in [6.07, 6.45) is 0.905. The molecule has 1 amide bonds. The summed E-state index contributed by atoms with van der Waals surface area (Å²) in [5.41, 5.74) is -0.0910. The third kappa shape index (κ3) is 5.09. The topological polar surface area (TPSA) is 110 Å². The maximum atomic E-state index is 12.6. The first-order valence-corrected chi connectivity index (χ1v) is 10.1. The highest BCUT2D eigenvalue weighted by molar-refractivity contribution is 7.92. The van der Waals surface area contributed by atoms with E-state index < -0.39 is 26.9 Å². The van der Waals surface area contributed by atoms with Crippen LogP contribution in [0.15, 0.2) is 42.5 Å². The van der Waals surface area contributed by atoms with Crippen molar-refractivity contribution in [3.8, 4) is 0 Å². The van der Waals surface area contributed by atoms with E-state index in [1.54, 1.807) is 0 Å². The van der Waals surface area contributed by atoms with Crippen molar-refractivity contribution in [2.24, 2.45) is 0 Å². The predicted octanol–water partition coefficient (Wildman–Crippen LogP) is 3.69. The number of nitro groups is 1. The van der Waals surface area contributed by atoms with Crippen LogP contribution in [0.5, 0.6) is 0 Å². The van der Waals surface area contributed by atoms with Crippen molar-refractivity contribution in [3.05, 3.63) is 62.6 Å². The van der Waals surface area contributed by atoms with Gasteiger partial charge in [-0.15, -0.1) is 0 Å². The fourth-order valence-electron chi connectivity index (χ4n) is 2.38. The van der Waals surface area contributed by atoms with Gasteiger partial charge in [0.15, 0.2) is 0 Å². The molecular weight excluding hydrogens is 417 g/mol. The minimum absolute atomic E-state index is 0.00783. The number of hydrogen-bond donors (Lipinski definition) is 1. The number of benzene rings is 2. The smallest absolute Gasteiger partial charge is 0.271 e. The van der Waals surface area contributed by atoms with E-state index in [0.29, 0.717) is 5.02 Å². The number of hydrogen-bond acceptors (Lipinski definition) is 5. The van der Waals surface area contributed by atoms with Crippen LogP contribution in [-0.2, 0) is 14.8 Å². The van der Waals surface area contributed by atoms with E-state index in [9.17, 15) is 23.3 Å². The molecule has 1 N–H and O–H groups in total. The van der Waals surface area contributed by atoms with E-state index in [2.05, 4.69) is 5.32 Å². The molecule has 0 radical (unpaired) electrons. The van der Waals surface area contributed by atoms with Crippen LogP contribution in [0.3, 0.4) is 0 Å². The van der Waals surface area contributed by atoms with E-state index in [1.807, 2.05) is 0 Å². The Kier molecular flexibility index (Phi) is 6.30. The molecule has 0 aliphatic carbocycles. The lowest BCUT2D eigenvalue weighted by molar-refractivity contribution is -0.384. The highest BCUT2D eigenvalue weighted by atomic mass is 35.5. The number of amides is 1. The normalized spacial score (nSPS) is 12.3. The standard InChI is InChI=1S/C16H15Cl2N3O5S/c1-10(16(22)19-15-8-11(17)6-7-14(15)18)20(27(2,25)26)12-4-3-5-13(9-12)21(23)24/h3-10H,1-2H3,(H,19,22)/t10-/m0/s1. The van der Waals surface area contributed by atoms with E-state index in [1.165, 1.54) is 43.3 Å². The van der Waals surface area contributed by atoms with Gasteiger partial charge >= 0.3 is 0 Å². The van der Waals surface area contributed by atoms with Gasteiger partial charge in [0.2, 0.25) is 15.9 Å². The van der Waals surface area contributed by atoms with Crippen molar-refractivity contribution in [2.45, 2.75) is 13.0 Å². The molecule has 0 aliphatic rings. The molecule has 8 nitrogen and oxygen atoms in total. The molecule has 2 rings (SSSR count). The molecular formula is C16H15Cl2N3O5S. The minimum Gasteiger partial charge on any atom is -0.323 e. The fourth-order valence-corrected chi connectivity index (χ4v) is 3.89. The van der Waals surface area contributed by atoms with Crippen LogP contribution in [0.4, 0.5) is 17.1 Å². The van der Waals surface area contributed by atoms with E-state index in [-0.39, 0.29) is 22.1 Å². The van der Waals surface area contributed by atoms with Gasteiger partial charge in [0.25, 0.3) is 5.69 Å². The van der Waals surface area contributed by atoms with Crippen LogP contribution in [0.1, 0.15) is 6.92 Å². The monoisotopic (exact) mass is 431 g/mol. The number of carbonyl (C=O) groups is 1. The molecule has 0 saturated carbocycles. The Morgan fingerprint density at radius 1 is 1.22 bits per heavy atom. The molecule has 2 aromatic carbocycles. The molecule has 2 aromatic rings. The minimum atomic E-state index is -3.92. The summed E-state index contributed by atoms with van der Waals surface area (Å²) in [5, 5.41) is 14.0. The molecule has 0 aliphatic heterocycles. The van der Waals surface area contributed by atoms with Crippen molar-refractivity contribution in [2.75, 3.05) is 15.9 Å². The Morgan fingerprint density at radius 2 is 1.89 bits per heavy atom. The van der Waals surface area contributed by atoms with Gasteiger partial charge in [-0.3, -0.25) is 19.2 Å². The molecule has 0 unspecified atom stereocenters. The largest absolute Gasteiger partial charge is 0.323 e.